The summed E-state index contributed by atoms with van der Waals surface area (Å²) in [5.41, 5.74) is -2.96. The summed E-state index contributed by atoms with van der Waals surface area (Å²) in [6, 6.07) is 43.1. The lowest BCUT2D eigenvalue weighted by atomic mass is 9.90. The Morgan fingerprint density at radius 3 is 0.911 bits per heavy atom. The molecular formula is C104H68Br2F3N3. The molecule has 0 aliphatic heterocycles. The summed E-state index contributed by atoms with van der Waals surface area (Å²) in [7, 11) is 0. The second-order valence-electron chi connectivity index (χ2n) is 25.5. The van der Waals surface area contributed by atoms with Crippen molar-refractivity contribution in [1.82, 2.24) is 0 Å². The van der Waals surface area contributed by atoms with Crippen molar-refractivity contribution in [2.24, 2.45) is 0 Å². The average Bonchev–Trinajstić information content (AvgIpc) is 0.708. The fourth-order valence-electron chi connectivity index (χ4n) is 14.2. The van der Waals surface area contributed by atoms with Crippen molar-refractivity contribution in [3.63, 3.8) is 0 Å². The zero-order chi connectivity index (χ0) is 102. The van der Waals surface area contributed by atoms with Crippen LogP contribution in [0.15, 0.2) is 415 Å². The molecule has 0 radical (unpaired) electrons. The molecule has 0 saturated carbocycles. The van der Waals surface area contributed by atoms with Gasteiger partial charge in [0.1, 0.15) is 17.5 Å². The first-order valence-electron chi connectivity index (χ1n) is 49.8. The lowest BCUT2D eigenvalue weighted by Gasteiger charge is -2.31. The Kier molecular flexibility index (Phi) is 12.2. The van der Waals surface area contributed by atoms with E-state index in [1.807, 2.05) is 0 Å². The van der Waals surface area contributed by atoms with Gasteiger partial charge in [-0.15, -0.1) is 0 Å². The number of anilines is 8. The van der Waals surface area contributed by atoms with Crippen LogP contribution in [0, 0.1) is 17.5 Å². The smallest absolute Gasteiger partial charge is 0.148 e. The predicted molar refractivity (Wildman–Crippen MR) is 474 cm³/mol. The SMILES string of the molecule is Brc1ccc2ccc3c(Br)ccc4ccc1c2c43.[2H]c1c([2H])c([2H])c(-c2cc(F)c(N(c3ccccc3)c3ccc4ccc5c(N(c6ccccc6)c6c(F)cc(-c7c([2H])c([2H])c([2H])c([2H])c7[2H])cc6-c6c([2H])c([2H])c([2H])c([2H])c6[2H])ccc6ccc3c4c65)c(-c3c([2H])c([2H])c([2H])c([2H])c3[2H])c2)c([2H])c1[2H].[2H]c1c([2H])c([2H])c(-c2cc(F)c(Nc3ccccc3)c(-c3c([2H])c([2H])c([2H])c([2H])c3[2H])c2)c([2H])c1[2H]. The summed E-state index contributed by atoms with van der Waals surface area (Å²) in [6.07, 6.45) is 0. The Morgan fingerprint density at radius 2 is 0.545 bits per heavy atom. The monoisotopic (exact) mass is 1600 g/mol. The van der Waals surface area contributed by atoms with E-state index in [9.17, 15) is 5.48 Å². The van der Waals surface area contributed by atoms with Crippen molar-refractivity contribution in [2.45, 2.75) is 0 Å². The third-order valence-electron chi connectivity index (χ3n) is 19.1. The zero-order valence-electron chi connectivity index (χ0n) is 88.1. The molecule has 0 spiro atoms. The van der Waals surface area contributed by atoms with E-state index < -0.39 is 221 Å². The third kappa shape index (κ3) is 13.6. The number of nitrogens with zero attached hydrogens (tertiary/aromatic N) is 2. The Morgan fingerprint density at radius 1 is 0.259 bits per heavy atom. The van der Waals surface area contributed by atoms with Gasteiger partial charge < -0.3 is 15.1 Å². The molecule has 0 amide bonds. The van der Waals surface area contributed by atoms with Crippen LogP contribution >= 0.6 is 31.9 Å². The largest absolute Gasteiger partial charge is 0.353 e. The van der Waals surface area contributed by atoms with Crippen LogP contribution in [0.2, 0.25) is 0 Å². The highest BCUT2D eigenvalue weighted by atomic mass is 79.9. The lowest BCUT2D eigenvalue weighted by molar-refractivity contribution is 0.629. The topological polar surface area (TPSA) is 18.5 Å². The van der Waals surface area contributed by atoms with Gasteiger partial charge in [0.25, 0.3) is 0 Å². The van der Waals surface area contributed by atoms with Crippen LogP contribution in [0.4, 0.5) is 58.7 Å². The Labute approximate surface area is 707 Å². The van der Waals surface area contributed by atoms with Gasteiger partial charge in [-0.25, -0.2) is 13.2 Å². The Hall–Kier alpha value is -13.4. The van der Waals surface area contributed by atoms with E-state index in [-0.39, 0.29) is 72.9 Å². The van der Waals surface area contributed by atoms with Gasteiger partial charge in [-0.3, -0.25) is 0 Å². The van der Waals surface area contributed by atoms with Crippen molar-refractivity contribution in [3.8, 4) is 66.8 Å². The molecule has 20 rings (SSSR count). The molecule has 1 N–H and O–H groups in total. The molecule has 0 heterocycles. The number of hydrogen-bond acceptors (Lipinski definition) is 3. The summed E-state index contributed by atoms with van der Waals surface area (Å²) < 4.78 is 310. The molecule has 8 heteroatoms. The van der Waals surface area contributed by atoms with Gasteiger partial charge in [-0.1, -0.05) is 341 Å². The summed E-state index contributed by atoms with van der Waals surface area (Å²) in [6.45, 7) is 0. The number of halogens is 5. The number of rotatable bonds is 14. The van der Waals surface area contributed by atoms with Gasteiger partial charge in [0.15, 0.2) is 0 Å². The van der Waals surface area contributed by atoms with Gasteiger partial charge in [0.05, 0.1) is 69.6 Å². The predicted octanol–water partition coefficient (Wildman–Crippen LogP) is 31.5. The minimum absolute atomic E-state index is 0.107. The molecule has 0 aromatic heterocycles. The molecule has 3 nitrogen and oxygen atoms in total. The summed E-state index contributed by atoms with van der Waals surface area (Å²) in [4.78, 5) is 3.00. The second kappa shape index (κ2) is 30.9. The maximum absolute atomic E-state index is 18.3. The van der Waals surface area contributed by atoms with Crippen molar-refractivity contribution in [2.75, 3.05) is 15.1 Å². The summed E-state index contributed by atoms with van der Waals surface area (Å²) in [5.74, 6) is -3.09. The minimum Gasteiger partial charge on any atom is -0.353 e. The summed E-state index contributed by atoms with van der Waals surface area (Å²) in [5, 5.41) is 14.1. The maximum atomic E-state index is 18.3. The molecule has 0 aliphatic rings. The molecule has 0 aliphatic carbocycles. The molecule has 20 aromatic rings. The Bertz CT molecular complexity index is 8170. The van der Waals surface area contributed by atoms with Gasteiger partial charge in [0, 0.05) is 53.5 Å². The number of para-hydroxylation sites is 3. The molecule has 112 heavy (non-hydrogen) atoms. The van der Waals surface area contributed by atoms with Crippen LogP contribution in [-0.2, 0) is 0 Å². The van der Waals surface area contributed by atoms with Gasteiger partial charge >= 0.3 is 0 Å². The molecule has 20 aromatic carbocycles. The molecule has 0 unspecified atom stereocenters. The van der Waals surface area contributed by atoms with E-state index in [2.05, 4.69) is 85.7 Å². The quantitative estimate of drug-likeness (QED) is 0.110. The van der Waals surface area contributed by atoms with Crippen molar-refractivity contribution in [3.05, 3.63) is 432 Å². The zero-order valence-corrected chi connectivity index (χ0v) is 61.3. The van der Waals surface area contributed by atoms with Crippen molar-refractivity contribution < 1.29 is 54.3 Å². The van der Waals surface area contributed by atoms with E-state index >= 15 is 13.2 Å². The highest BCUT2D eigenvalue weighted by Crippen LogP contribution is 2.53. The first kappa shape index (κ1) is 44.3. The Balaban J connectivity index is 0.000000198. The molecule has 0 atom stereocenters. The van der Waals surface area contributed by atoms with E-state index in [1.165, 1.54) is 60.3 Å². The number of hydrogen-bond donors (Lipinski definition) is 1. The molecule has 0 saturated heterocycles. The van der Waals surface area contributed by atoms with E-state index in [0.29, 0.717) is 49.4 Å². The molecule has 0 bridgehead atoms. The average molecular weight is 1610 g/mol. The van der Waals surface area contributed by atoms with Crippen LogP contribution in [0.5, 0.6) is 0 Å². The fraction of sp³-hybridized carbons (Fsp3) is 0. The van der Waals surface area contributed by atoms with Gasteiger partial charge in [-0.05, 0) is 201 Å². The normalized spacial score (nSPS) is 15.0. The van der Waals surface area contributed by atoms with Crippen molar-refractivity contribution >= 4 is 142 Å². The van der Waals surface area contributed by atoms with Crippen LogP contribution in [0.3, 0.4) is 0 Å². The number of benzene rings is 20. The number of nitrogens with one attached hydrogen (secondary N) is 1. The third-order valence-corrected chi connectivity index (χ3v) is 20.5. The second-order valence-corrected chi connectivity index (χ2v) is 27.2. The van der Waals surface area contributed by atoms with Gasteiger partial charge in [0.2, 0.25) is 0 Å². The van der Waals surface area contributed by atoms with E-state index in [4.69, 9.17) is 35.6 Å². The van der Waals surface area contributed by atoms with Crippen LogP contribution in [0.25, 0.3) is 131 Å². The highest BCUT2D eigenvalue weighted by molar-refractivity contribution is 9.11. The van der Waals surface area contributed by atoms with Crippen molar-refractivity contribution in [1.29, 1.82) is 0 Å². The molecular weight excluding hydrogens is 1510 g/mol. The van der Waals surface area contributed by atoms with E-state index in [0.717, 1.165) is 27.1 Å². The first-order chi connectivity index (χ1) is 67.6. The van der Waals surface area contributed by atoms with Crippen LogP contribution in [-0.4, -0.2) is 0 Å². The first-order valence-corrected chi connectivity index (χ1v) is 36.4. The maximum Gasteiger partial charge on any atom is 0.148 e. The van der Waals surface area contributed by atoms with Gasteiger partial charge in [-0.2, -0.15) is 0 Å². The van der Waals surface area contributed by atoms with Crippen LogP contribution in [0.1, 0.15) is 41.1 Å². The lowest BCUT2D eigenvalue weighted by Crippen LogP contribution is -2.14. The molecule has 0 fully saturated rings. The fourth-order valence-corrected chi connectivity index (χ4v) is 15.1. The molecule has 534 valence electrons. The highest BCUT2D eigenvalue weighted by Gasteiger charge is 2.29. The summed E-state index contributed by atoms with van der Waals surface area (Å²) >= 11 is 7.30. The van der Waals surface area contributed by atoms with E-state index in [1.54, 1.807) is 140 Å². The minimum atomic E-state index is -1.09. The standard InChI is InChI=1S/C64H42F2N2.C24H18FN.C16H8Br2/c65-57-41-49(43-19-7-1-8-20-43)39-55(45-23-11-3-12-24-45)63(57)67(51-27-15-5-16-28-51)59-37-33-47-32-36-54-60(38-34-48-31-35-53(59)61(47)62(48)54)68(52-29-17-6-18-30-52)64-56(46-25-13-4-14-26-46)40-50(42-58(64)66)44-21-9-2-10-22-44;25-23-17-20(18-10-4-1-5-11-18)16-22(19-12-6-2-7-13-19)24(23)26-21-14-8-3-9-15-21;17-13-8-4-10-2-6-12-14(18)7-3-9-1-5-11(13)16(10)15(9)12/h1-42H;1-17,26H;1-8H/i1D,2D,3D,4D,7D,8D,9D,10D,11D,12D,13D,14D,19D,20D,21D,22D,23D,24D,25D,26D;1D,2D,4D,5D,6D,7D,10D,11D,12D,13D;. The van der Waals surface area contributed by atoms with Crippen LogP contribution < -0.4 is 15.1 Å².